The Morgan fingerprint density at radius 1 is 1.55 bits per heavy atom. The van der Waals surface area contributed by atoms with E-state index in [1.54, 1.807) is 12.3 Å². The monoisotopic (exact) mass is 295 g/mol. The van der Waals surface area contributed by atoms with Crippen molar-refractivity contribution >= 4 is 17.7 Å². The first-order chi connectivity index (χ1) is 9.72. The van der Waals surface area contributed by atoms with Crippen LogP contribution in [0.5, 0.6) is 0 Å². The average molecular weight is 295 g/mol. The highest BCUT2D eigenvalue weighted by Crippen LogP contribution is 2.16. The summed E-state index contributed by atoms with van der Waals surface area (Å²) < 4.78 is 5.34. The van der Waals surface area contributed by atoms with Crippen LogP contribution in [-0.2, 0) is 4.74 Å². The van der Waals surface area contributed by atoms with Crippen molar-refractivity contribution in [1.82, 2.24) is 15.2 Å². The normalized spacial score (nSPS) is 17.7. The number of ether oxygens (including phenoxy) is 1. The molecule has 20 heavy (non-hydrogen) atoms. The van der Waals surface area contributed by atoms with Gasteiger partial charge in [0, 0.05) is 31.9 Å². The minimum Gasteiger partial charge on any atom is -0.379 e. The lowest BCUT2D eigenvalue weighted by atomic mass is 10.2. The van der Waals surface area contributed by atoms with Crippen LogP contribution >= 0.6 is 11.8 Å². The highest BCUT2D eigenvalue weighted by atomic mass is 32.2. The van der Waals surface area contributed by atoms with Crippen molar-refractivity contribution < 1.29 is 9.53 Å². The van der Waals surface area contributed by atoms with E-state index >= 15 is 0 Å². The zero-order valence-electron chi connectivity index (χ0n) is 12.0. The second-order valence-corrected chi connectivity index (χ2v) is 5.56. The maximum absolute atomic E-state index is 12.2. The molecule has 0 aromatic carbocycles. The molecule has 1 amide bonds. The van der Waals surface area contributed by atoms with Gasteiger partial charge in [-0.2, -0.15) is 0 Å². The van der Waals surface area contributed by atoms with Crippen LogP contribution in [0.15, 0.2) is 23.4 Å². The number of pyridine rings is 1. The van der Waals surface area contributed by atoms with Crippen molar-refractivity contribution in [3.8, 4) is 0 Å². The summed E-state index contributed by atoms with van der Waals surface area (Å²) in [5.74, 6) is -0.0532. The average Bonchev–Trinajstić information content (AvgIpc) is 2.53. The number of hydrogen-bond donors (Lipinski definition) is 1. The van der Waals surface area contributed by atoms with Crippen LogP contribution in [-0.4, -0.2) is 60.9 Å². The first-order valence-corrected chi connectivity index (χ1v) is 8.04. The highest BCUT2D eigenvalue weighted by Gasteiger charge is 2.18. The smallest absolute Gasteiger partial charge is 0.254 e. The van der Waals surface area contributed by atoms with Crippen molar-refractivity contribution in [2.75, 3.05) is 39.1 Å². The predicted molar refractivity (Wildman–Crippen MR) is 80.2 cm³/mol. The summed E-state index contributed by atoms with van der Waals surface area (Å²) in [7, 11) is 0. The third kappa shape index (κ3) is 3.94. The van der Waals surface area contributed by atoms with Crippen molar-refractivity contribution in [3.05, 3.63) is 23.9 Å². The minimum atomic E-state index is -0.0532. The van der Waals surface area contributed by atoms with Gasteiger partial charge in [0.1, 0.15) is 5.03 Å². The Labute approximate surface area is 124 Å². The first-order valence-electron chi connectivity index (χ1n) is 6.81. The number of thioether (sulfide) groups is 1. The van der Waals surface area contributed by atoms with Gasteiger partial charge in [0.2, 0.25) is 0 Å². The Balaban J connectivity index is 1.88. The lowest BCUT2D eigenvalue weighted by molar-refractivity contribution is 0.0204. The van der Waals surface area contributed by atoms with Gasteiger partial charge < -0.3 is 10.1 Å². The Kier molecular flexibility index (Phi) is 5.82. The van der Waals surface area contributed by atoms with Crippen LogP contribution in [0.3, 0.4) is 0 Å². The molecule has 0 saturated carbocycles. The molecule has 1 saturated heterocycles. The molecule has 0 bridgehead atoms. The topological polar surface area (TPSA) is 54.5 Å². The van der Waals surface area contributed by atoms with Gasteiger partial charge in [-0.3, -0.25) is 9.69 Å². The van der Waals surface area contributed by atoms with Crippen LogP contribution in [0.1, 0.15) is 17.3 Å². The zero-order chi connectivity index (χ0) is 14.4. The fourth-order valence-corrected chi connectivity index (χ4v) is 2.76. The van der Waals surface area contributed by atoms with E-state index in [0.717, 1.165) is 31.3 Å². The summed E-state index contributed by atoms with van der Waals surface area (Å²) in [6, 6.07) is 3.92. The number of rotatable bonds is 5. The van der Waals surface area contributed by atoms with E-state index in [-0.39, 0.29) is 5.91 Å². The third-order valence-corrected chi connectivity index (χ3v) is 4.15. The van der Waals surface area contributed by atoms with Gasteiger partial charge >= 0.3 is 0 Å². The summed E-state index contributed by atoms with van der Waals surface area (Å²) >= 11 is 1.49. The number of aromatic nitrogens is 1. The summed E-state index contributed by atoms with van der Waals surface area (Å²) in [4.78, 5) is 18.8. The predicted octanol–water partition coefficient (Wildman–Crippen LogP) is 1.25. The van der Waals surface area contributed by atoms with Crippen molar-refractivity contribution in [1.29, 1.82) is 0 Å². The molecule has 2 heterocycles. The number of amides is 1. The molecule has 1 atom stereocenters. The van der Waals surface area contributed by atoms with E-state index in [0.29, 0.717) is 18.2 Å². The minimum absolute atomic E-state index is 0.0532. The van der Waals surface area contributed by atoms with Crippen molar-refractivity contribution in [2.24, 2.45) is 0 Å². The van der Waals surface area contributed by atoms with Gasteiger partial charge in [0.25, 0.3) is 5.91 Å². The summed E-state index contributed by atoms with van der Waals surface area (Å²) in [6.45, 7) is 6.18. The number of nitrogens with one attached hydrogen (secondary N) is 1. The number of morpholine rings is 1. The lowest BCUT2D eigenvalue weighted by Gasteiger charge is -2.32. The molecule has 0 radical (unpaired) electrons. The molecule has 5 nitrogen and oxygen atoms in total. The number of carbonyl (C=O) groups excluding carboxylic acids is 1. The Hall–Kier alpha value is -1.11. The number of nitrogens with zero attached hydrogens (tertiary/aromatic N) is 2. The third-order valence-electron chi connectivity index (χ3n) is 3.44. The number of carbonyl (C=O) groups is 1. The molecule has 1 N–H and O–H groups in total. The Bertz CT molecular complexity index is 450. The van der Waals surface area contributed by atoms with E-state index in [9.17, 15) is 4.79 Å². The molecule has 1 fully saturated rings. The van der Waals surface area contributed by atoms with Gasteiger partial charge in [0.15, 0.2) is 0 Å². The molecule has 6 heteroatoms. The van der Waals surface area contributed by atoms with E-state index < -0.39 is 0 Å². The molecule has 1 aromatic rings. The standard InChI is InChI=1S/C14H21N3O2S/c1-11(17-6-8-19-9-7-17)10-16-13(18)12-4-3-5-15-14(12)20-2/h3-5,11H,6-10H2,1-2H3,(H,16,18)/t11-/m1/s1. The molecule has 0 unspecified atom stereocenters. The zero-order valence-corrected chi connectivity index (χ0v) is 12.8. The summed E-state index contributed by atoms with van der Waals surface area (Å²) in [5.41, 5.74) is 0.647. The molecule has 1 aromatic heterocycles. The molecule has 0 aliphatic carbocycles. The lowest BCUT2D eigenvalue weighted by Crippen LogP contribution is -2.47. The molecule has 0 spiro atoms. The van der Waals surface area contributed by atoms with Gasteiger partial charge in [-0.15, -0.1) is 11.8 Å². The van der Waals surface area contributed by atoms with Crippen LogP contribution in [0.4, 0.5) is 0 Å². The van der Waals surface area contributed by atoms with Crippen molar-refractivity contribution in [3.63, 3.8) is 0 Å². The Morgan fingerprint density at radius 3 is 3.00 bits per heavy atom. The van der Waals surface area contributed by atoms with Gasteiger partial charge in [-0.1, -0.05) is 0 Å². The van der Waals surface area contributed by atoms with Crippen LogP contribution in [0.2, 0.25) is 0 Å². The van der Waals surface area contributed by atoms with Gasteiger partial charge in [-0.25, -0.2) is 4.98 Å². The van der Waals surface area contributed by atoms with E-state index in [4.69, 9.17) is 4.74 Å². The largest absolute Gasteiger partial charge is 0.379 e. The molecule has 110 valence electrons. The highest BCUT2D eigenvalue weighted by molar-refractivity contribution is 7.98. The van der Waals surface area contributed by atoms with E-state index in [2.05, 4.69) is 22.1 Å². The summed E-state index contributed by atoms with van der Waals surface area (Å²) in [6.07, 6.45) is 3.63. The van der Waals surface area contributed by atoms with Gasteiger partial charge in [0.05, 0.1) is 18.8 Å². The van der Waals surface area contributed by atoms with E-state index in [1.165, 1.54) is 11.8 Å². The second-order valence-electron chi connectivity index (χ2n) is 4.77. The van der Waals surface area contributed by atoms with Crippen LogP contribution < -0.4 is 5.32 Å². The fourth-order valence-electron chi connectivity index (χ4n) is 2.21. The van der Waals surface area contributed by atoms with Crippen LogP contribution in [0, 0.1) is 0 Å². The molecule has 2 rings (SSSR count). The molecular formula is C14H21N3O2S. The molecule has 1 aliphatic rings. The summed E-state index contributed by atoms with van der Waals surface area (Å²) in [5, 5.41) is 3.76. The first kappa shape index (κ1) is 15.3. The fraction of sp³-hybridized carbons (Fsp3) is 0.571. The van der Waals surface area contributed by atoms with Crippen molar-refractivity contribution in [2.45, 2.75) is 18.0 Å². The quantitative estimate of drug-likeness (QED) is 0.829. The Morgan fingerprint density at radius 2 is 2.30 bits per heavy atom. The SMILES string of the molecule is CSc1ncccc1C(=O)NC[C@@H](C)N1CCOCC1. The maximum Gasteiger partial charge on any atom is 0.254 e. The van der Waals surface area contributed by atoms with E-state index in [1.807, 2.05) is 12.3 Å². The second kappa shape index (κ2) is 7.61. The maximum atomic E-state index is 12.2. The van der Waals surface area contributed by atoms with Crippen LogP contribution in [0.25, 0.3) is 0 Å². The number of hydrogen-bond acceptors (Lipinski definition) is 5. The molecule has 1 aliphatic heterocycles. The molecular weight excluding hydrogens is 274 g/mol. The van der Waals surface area contributed by atoms with Gasteiger partial charge in [-0.05, 0) is 25.3 Å².